The van der Waals surface area contributed by atoms with Gasteiger partial charge in [-0.3, -0.25) is 4.98 Å². The van der Waals surface area contributed by atoms with Crippen molar-refractivity contribution in [2.45, 2.75) is 32.4 Å². The van der Waals surface area contributed by atoms with E-state index in [-0.39, 0.29) is 12.1 Å². The Bertz CT molecular complexity index is 523. The number of fused-ring (bicyclic) bond motifs is 1. The van der Waals surface area contributed by atoms with E-state index < -0.39 is 0 Å². The topological polar surface area (TPSA) is 34.2 Å². The highest BCUT2D eigenvalue weighted by Crippen LogP contribution is 2.23. The number of para-hydroxylation sites is 1. The van der Waals surface area contributed by atoms with E-state index in [2.05, 4.69) is 36.3 Å². The summed E-state index contributed by atoms with van der Waals surface area (Å²) in [5.74, 6) is 0. The van der Waals surface area contributed by atoms with Gasteiger partial charge in [0.05, 0.1) is 17.7 Å². The molecule has 3 nitrogen and oxygen atoms in total. The van der Waals surface area contributed by atoms with E-state index in [9.17, 15) is 0 Å². The lowest BCUT2D eigenvalue weighted by molar-refractivity contribution is 0.0655. The summed E-state index contributed by atoms with van der Waals surface area (Å²) in [4.78, 5) is 4.54. The Balaban J connectivity index is 2.37. The minimum Gasteiger partial charge on any atom is -0.379 e. The van der Waals surface area contributed by atoms with Crippen molar-refractivity contribution < 1.29 is 4.74 Å². The number of methoxy groups -OCH3 is 1. The molecule has 0 saturated heterocycles. The molecule has 0 aliphatic carbocycles. The second kappa shape index (κ2) is 6.64. The van der Waals surface area contributed by atoms with E-state index in [1.165, 1.54) is 10.9 Å². The summed E-state index contributed by atoms with van der Waals surface area (Å²) >= 11 is 0. The van der Waals surface area contributed by atoms with Gasteiger partial charge >= 0.3 is 0 Å². The standard InChI is InChI=1S/C16H22N2O/c1-4-15(19-3)16(17-5-2)13-10-12-8-6-7-9-14(12)18-11-13/h6-11,15-17H,4-5H2,1-3H3. The molecule has 0 bridgehead atoms. The number of aromatic nitrogens is 1. The average Bonchev–Trinajstić information content (AvgIpc) is 2.47. The second-order valence-electron chi connectivity index (χ2n) is 4.68. The summed E-state index contributed by atoms with van der Waals surface area (Å²) in [6.45, 7) is 5.17. The van der Waals surface area contributed by atoms with Crippen molar-refractivity contribution in [3.63, 3.8) is 0 Å². The Morgan fingerprint density at radius 2 is 2.05 bits per heavy atom. The van der Waals surface area contributed by atoms with Gasteiger partial charge in [-0.15, -0.1) is 0 Å². The summed E-state index contributed by atoms with van der Waals surface area (Å²) < 4.78 is 5.59. The van der Waals surface area contributed by atoms with Crippen molar-refractivity contribution in [2.75, 3.05) is 13.7 Å². The zero-order chi connectivity index (χ0) is 13.7. The van der Waals surface area contributed by atoms with Gasteiger partial charge in [-0.05, 0) is 30.7 Å². The highest BCUT2D eigenvalue weighted by atomic mass is 16.5. The first-order valence-corrected chi connectivity index (χ1v) is 6.91. The van der Waals surface area contributed by atoms with Crippen molar-refractivity contribution in [3.05, 3.63) is 42.1 Å². The minimum absolute atomic E-state index is 0.169. The van der Waals surface area contributed by atoms with Crippen molar-refractivity contribution in [1.29, 1.82) is 0 Å². The predicted octanol–water partition coefficient (Wildman–Crippen LogP) is 3.31. The molecule has 0 aliphatic heterocycles. The molecular weight excluding hydrogens is 236 g/mol. The SMILES string of the molecule is CCNC(c1cnc2ccccc2c1)C(CC)OC. The Morgan fingerprint density at radius 1 is 1.26 bits per heavy atom. The molecule has 3 heteroatoms. The van der Waals surface area contributed by atoms with E-state index in [4.69, 9.17) is 4.74 Å². The van der Waals surface area contributed by atoms with Gasteiger partial charge in [0.15, 0.2) is 0 Å². The van der Waals surface area contributed by atoms with E-state index in [1.807, 2.05) is 24.4 Å². The molecule has 2 unspecified atom stereocenters. The Kier molecular flexibility index (Phi) is 4.88. The third-order valence-corrected chi connectivity index (χ3v) is 3.47. The van der Waals surface area contributed by atoms with Crippen LogP contribution in [-0.4, -0.2) is 24.7 Å². The number of ether oxygens (including phenoxy) is 1. The molecule has 2 aromatic rings. The normalized spacial score (nSPS) is 14.5. The lowest BCUT2D eigenvalue weighted by atomic mass is 9.99. The maximum absolute atomic E-state index is 5.59. The average molecular weight is 258 g/mol. The molecule has 102 valence electrons. The van der Waals surface area contributed by atoms with E-state index in [1.54, 1.807) is 7.11 Å². The van der Waals surface area contributed by atoms with Crippen LogP contribution < -0.4 is 5.32 Å². The van der Waals surface area contributed by atoms with Gasteiger partial charge in [-0.25, -0.2) is 0 Å². The van der Waals surface area contributed by atoms with Crippen LogP contribution in [0.25, 0.3) is 10.9 Å². The fraction of sp³-hybridized carbons (Fsp3) is 0.438. The number of pyridine rings is 1. The second-order valence-corrected chi connectivity index (χ2v) is 4.68. The van der Waals surface area contributed by atoms with Crippen LogP contribution in [0.4, 0.5) is 0 Å². The van der Waals surface area contributed by atoms with Crippen LogP contribution >= 0.6 is 0 Å². The van der Waals surface area contributed by atoms with Crippen molar-refractivity contribution in [2.24, 2.45) is 0 Å². The molecule has 0 saturated carbocycles. The first-order valence-electron chi connectivity index (χ1n) is 6.91. The van der Waals surface area contributed by atoms with Crippen molar-refractivity contribution in [3.8, 4) is 0 Å². The summed E-state index contributed by atoms with van der Waals surface area (Å²) in [5.41, 5.74) is 2.22. The lowest BCUT2D eigenvalue weighted by Gasteiger charge is -2.26. The Labute approximate surface area is 115 Å². The van der Waals surface area contributed by atoms with Gasteiger partial charge in [0.1, 0.15) is 0 Å². The van der Waals surface area contributed by atoms with Crippen LogP contribution in [0.3, 0.4) is 0 Å². The largest absolute Gasteiger partial charge is 0.379 e. The molecule has 0 spiro atoms. The fourth-order valence-electron chi connectivity index (χ4n) is 2.48. The molecule has 1 heterocycles. The fourth-order valence-corrected chi connectivity index (χ4v) is 2.48. The van der Waals surface area contributed by atoms with E-state index in [0.717, 1.165) is 18.5 Å². The number of nitrogens with zero attached hydrogens (tertiary/aromatic N) is 1. The van der Waals surface area contributed by atoms with Gasteiger partial charge in [0.2, 0.25) is 0 Å². The number of nitrogens with one attached hydrogen (secondary N) is 1. The number of benzene rings is 1. The van der Waals surface area contributed by atoms with Gasteiger partial charge in [-0.2, -0.15) is 0 Å². The molecular formula is C16H22N2O. The van der Waals surface area contributed by atoms with Crippen LogP contribution in [0, 0.1) is 0 Å². The molecule has 19 heavy (non-hydrogen) atoms. The van der Waals surface area contributed by atoms with Gasteiger partial charge in [-0.1, -0.05) is 32.0 Å². The van der Waals surface area contributed by atoms with Gasteiger partial charge in [0.25, 0.3) is 0 Å². The van der Waals surface area contributed by atoms with Crippen LogP contribution in [-0.2, 0) is 4.74 Å². The van der Waals surface area contributed by atoms with Crippen LogP contribution in [0.1, 0.15) is 31.9 Å². The maximum Gasteiger partial charge on any atom is 0.0763 e. The van der Waals surface area contributed by atoms with Crippen LogP contribution in [0.5, 0.6) is 0 Å². The third-order valence-electron chi connectivity index (χ3n) is 3.47. The van der Waals surface area contributed by atoms with Gasteiger partial charge in [0, 0.05) is 18.7 Å². The molecule has 0 fully saturated rings. The number of rotatable bonds is 6. The maximum atomic E-state index is 5.59. The van der Waals surface area contributed by atoms with E-state index in [0.29, 0.717) is 0 Å². The molecule has 0 aliphatic rings. The summed E-state index contributed by atoms with van der Waals surface area (Å²) in [6, 6.07) is 10.6. The number of hydrogen-bond acceptors (Lipinski definition) is 3. The monoisotopic (exact) mass is 258 g/mol. The zero-order valence-electron chi connectivity index (χ0n) is 11.9. The Hall–Kier alpha value is -1.45. The molecule has 1 N–H and O–H groups in total. The first kappa shape index (κ1) is 14.0. The highest BCUT2D eigenvalue weighted by Gasteiger charge is 2.21. The zero-order valence-corrected chi connectivity index (χ0v) is 11.9. The molecule has 1 aromatic carbocycles. The lowest BCUT2D eigenvalue weighted by Crippen LogP contribution is -2.33. The van der Waals surface area contributed by atoms with Gasteiger partial charge < -0.3 is 10.1 Å². The molecule has 1 aromatic heterocycles. The predicted molar refractivity (Wildman–Crippen MR) is 79.2 cm³/mol. The quantitative estimate of drug-likeness (QED) is 0.863. The number of likely N-dealkylation sites (N-methyl/N-ethyl adjacent to an activating group) is 1. The molecule has 2 rings (SSSR count). The number of hydrogen-bond donors (Lipinski definition) is 1. The highest BCUT2D eigenvalue weighted by molar-refractivity contribution is 5.78. The summed E-state index contributed by atoms with van der Waals surface area (Å²) in [6.07, 6.45) is 3.10. The van der Waals surface area contributed by atoms with Crippen LogP contribution in [0.2, 0.25) is 0 Å². The van der Waals surface area contributed by atoms with Crippen molar-refractivity contribution in [1.82, 2.24) is 10.3 Å². The molecule has 0 amide bonds. The third kappa shape index (κ3) is 3.11. The summed E-state index contributed by atoms with van der Waals surface area (Å²) in [5, 5.41) is 4.68. The van der Waals surface area contributed by atoms with E-state index >= 15 is 0 Å². The van der Waals surface area contributed by atoms with Crippen LogP contribution in [0.15, 0.2) is 36.5 Å². The molecule has 0 radical (unpaired) electrons. The Morgan fingerprint density at radius 3 is 2.74 bits per heavy atom. The summed E-state index contributed by atoms with van der Waals surface area (Å²) in [7, 11) is 1.77. The molecule has 2 atom stereocenters. The minimum atomic E-state index is 0.169. The smallest absolute Gasteiger partial charge is 0.0763 e. The van der Waals surface area contributed by atoms with Crippen molar-refractivity contribution >= 4 is 10.9 Å². The first-order chi connectivity index (χ1) is 9.30.